The normalized spacial score (nSPS) is 14.9. The Hall–Kier alpha value is -2.09. The van der Waals surface area contributed by atoms with Crippen LogP contribution in [-0.2, 0) is 6.54 Å². The lowest BCUT2D eigenvalue weighted by molar-refractivity contribution is 0.603. The molecule has 0 bridgehead atoms. The SMILES string of the molecule is CN=C(NCc1ccc(C#N)cc1F)NCC1CC1. The highest BCUT2D eigenvalue weighted by molar-refractivity contribution is 5.79. The third-order valence-electron chi connectivity index (χ3n) is 3.11. The van der Waals surface area contributed by atoms with Crippen molar-refractivity contribution in [2.24, 2.45) is 10.9 Å². The summed E-state index contributed by atoms with van der Waals surface area (Å²) >= 11 is 0. The van der Waals surface area contributed by atoms with E-state index < -0.39 is 0 Å². The van der Waals surface area contributed by atoms with E-state index in [1.807, 2.05) is 6.07 Å². The largest absolute Gasteiger partial charge is 0.356 e. The Labute approximate surface area is 112 Å². The number of nitrogens with one attached hydrogen (secondary N) is 2. The Bertz CT molecular complexity index is 515. The van der Waals surface area contributed by atoms with Crippen molar-refractivity contribution in [3.8, 4) is 6.07 Å². The summed E-state index contributed by atoms with van der Waals surface area (Å²) in [5.74, 6) is 1.06. The first-order valence-electron chi connectivity index (χ1n) is 6.36. The molecule has 0 unspecified atom stereocenters. The molecule has 1 saturated carbocycles. The van der Waals surface area contributed by atoms with E-state index in [0.717, 1.165) is 12.5 Å². The average molecular weight is 260 g/mol. The maximum Gasteiger partial charge on any atom is 0.191 e. The third-order valence-corrected chi connectivity index (χ3v) is 3.11. The quantitative estimate of drug-likeness (QED) is 0.640. The average Bonchev–Trinajstić information content (AvgIpc) is 3.24. The standard InChI is InChI=1S/C14H17FN4/c1-17-14(18-8-10-2-3-10)19-9-12-5-4-11(7-16)6-13(12)15/h4-6,10H,2-3,8-9H2,1H3,(H2,17,18,19). The zero-order chi connectivity index (χ0) is 13.7. The van der Waals surface area contributed by atoms with Gasteiger partial charge in [-0.2, -0.15) is 5.26 Å². The van der Waals surface area contributed by atoms with Crippen molar-refractivity contribution in [3.05, 3.63) is 35.1 Å². The Morgan fingerprint density at radius 2 is 2.26 bits per heavy atom. The van der Waals surface area contributed by atoms with E-state index in [1.165, 1.54) is 18.9 Å². The van der Waals surface area contributed by atoms with Gasteiger partial charge in [-0.3, -0.25) is 4.99 Å². The van der Waals surface area contributed by atoms with Gasteiger partial charge in [0.2, 0.25) is 0 Å². The number of benzene rings is 1. The summed E-state index contributed by atoms with van der Waals surface area (Å²) in [6.45, 7) is 1.26. The van der Waals surface area contributed by atoms with Crippen molar-refractivity contribution in [1.82, 2.24) is 10.6 Å². The summed E-state index contributed by atoms with van der Waals surface area (Å²) < 4.78 is 13.7. The number of nitriles is 1. The van der Waals surface area contributed by atoms with Crippen LogP contribution in [0.5, 0.6) is 0 Å². The van der Waals surface area contributed by atoms with Crippen LogP contribution < -0.4 is 10.6 Å². The Morgan fingerprint density at radius 1 is 1.47 bits per heavy atom. The Kier molecular flexibility index (Phi) is 4.35. The molecule has 0 aliphatic heterocycles. The maximum atomic E-state index is 13.7. The molecule has 1 aromatic carbocycles. The molecular formula is C14H17FN4. The second-order valence-electron chi connectivity index (χ2n) is 4.67. The van der Waals surface area contributed by atoms with Crippen LogP contribution in [0.4, 0.5) is 4.39 Å². The van der Waals surface area contributed by atoms with Gasteiger partial charge in [0, 0.05) is 25.7 Å². The van der Waals surface area contributed by atoms with Gasteiger partial charge in [0.25, 0.3) is 0 Å². The fourth-order valence-corrected chi connectivity index (χ4v) is 1.72. The van der Waals surface area contributed by atoms with Crippen LogP contribution in [0, 0.1) is 23.1 Å². The van der Waals surface area contributed by atoms with Crippen LogP contribution in [0.15, 0.2) is 23.2 Å². The molecule has 0 amide bonds. The number of hydrogen-bond donors (Lipinski definition) is 2. The monoisotopic (exact) mass is 260 g/mol. The second-order valence-corrected chi connectivity index (χ2v) is 4.67. The molecule has 4 nitrogen and oxygen atoms in total. The van der Waals surface area contributed by atoms with E-state index in [2.05, 4.69) is 15.6 Å². The van der Waals surface area contributed by atoms with E-state index in [9.17, 15) is 4.39 Å². The molecule has 0 radical (unpaired) electrons. The molecule has 0 aromatic heterocycles. The molecule has 1 aromatic rings. The lowest BCUT2D eigenvalue weighted by atomic mass is 10.1. The van der Waals surface area contributed by atoms with Crippen molar-refractivity contribution in [3.63, 3.8) is 0 Å². The highest BCUT2D eigenvalue weighted by atomic mass is 19.1. The number of rotatable bonds is 4. The molecule has 0 spiro atoms. The molecule has 19 heavy (non-hydrogen) atoms. The number of aliphatic imine (C=N–C) groups is 1. The summed E-state index contributed by atoms with van der Waals surface area (Å²) in [5, 5.41) is 14.9. The molecule has 0 saturated heterocycles. The molecule has 0 atom stereocenters. The number of halogens is 1. The fourth-order valence-electron chi connectivity index (χ4n) is 1.72. The van der Waals surface area contributed by atoms with Crippen LogP contribution in [0.3, 0.4) is 0 Å². The van der Waals surface area contributed by atoms with Crippen molar-refractivity contribution < 1.29 is 4.39 Å². The molecule has 100 valence electrons. The highest BCUT2D eigenvalue weighted by Gasteiger charge is 2.21. The van der Waals surface area contributed by atoms with Gasteiger partial charge in [-0.15, -0.1) is 0 Å². The third kappa shape index (κ3) is 3.95. The van der Waals surface area contributed by atoms with Gasteiger partial charge in [-0.1, -0.05) is 6.07 Å². The molecule has 0 heterocycles. The van der Waals surface area contributed by atoms with Gasteiger partial charge >= 0.3 is 0 Å². The van der Waals surface area contributed by atoms with Crippen LogP contribution in [0.2, 0.25) is 0 Å². The minimum absolute atomic E-state index is 0.331. The van der Waals surface area contributed by atoms with Crippen LogP contribution >= 0.6 is 0 Å². The summed E-state index contributed by atoms with van der Waals surface area (Å²) in [4.78, 5) is 4.09. The molecule has 1 fully saturated rings. The number of nitrogens with zero attached hydrogens (tertiary/aromatic N) is 2. The van der Waals surface area contributed by atoms with Crippen LogP contribution in [-0.4, -0.2) is 19.6 Å². The molecule has 2 N–H and O–H groups in total. The molecule has 1 aliphatic carbocycles. The van der Waals surface area contributed by atoms with Gasteiger partial charge in [-0.05, 0) is 30.9 Å². The van der Waals surface area contributed by atoms with Crippen molar-refractivity contribution in [2.45, 2.75) is 19.4 Å². The van der Waals surface area contributed by atoms with Crippen LogP contribution in [0.25, 0.3) is 0 Å². The molecule has 2 rings (SSSR count). The summed E-state index contributed by atoms with van der Waals surface area (Å²) in [5.41, 5.74) is 0.853. The van der Waals surface area contributed by atoms with Gasteiger partial charge < -0.3 is 10.6 Å². The molecule has 5 heteroatoms. The van der Waals surface area contributed by atoms with E-state index in [0.29, 0.717) is 23.6 Å². The second kappa shape index (κ2) is 6.19. The predicted octanol–water partition coefficient (Wildman–Crippen LogP) is 1.77. The lowest BCUT2D eigenvalue weighted by Crippen LogP contribution is -2.38. The van der Waals surface area contributed by atoms with E-state index >= 15 is 0 Å². The van der Waals surface area contributed by atoms with Gasteiger partial charge in [0.05, 0.1) is 11.6 Å². The Morgan fingerprint density at radius 3 is 2.84 bits per heavy atom. The van der Waals surface area contributed by atoms with E-state index in [-0.39, 0.29) is 5.82 Å². The Balaban J connectivity index is 1.87. The summed E-state index contributed by atoms with van der Waals surface area (Å²) in [7, 11) is 1.69. The number of hydrogen-bond acceptors (Lipinski definition) is 2. The molecule has 1 aliphatic rings. The zero-order valence-corrected chi connectivity index (χ0v) is 10.9. The smallest absolute Gasteiger partial charge is 0.191 e. The van der Waals surface area contributed by atoms with E-state index in [4.69, 9.17) is 5.26 Å². The van der Waals surface area contributed by atoms with Crippen molar-refractivity contribution in [1.29, 1.82) is 5.26 Å². The summed E-state index contributed by atoms with van der Waals surface area (Å²) in [6, 6.07) is 6.39. The van der Waals surface area contributed by atoms with Crippen LogP contribution in [0.1, 0.15) is 24.0 Å². The minimum atomic E-state index is -0.371. The van der Waals surface area contributed by atoms with Gasteiger partial charge in [0.15, 0.2) is 5.96 Å². The fraction of sp³-hybridized carbons (Fsp3) is 0.429. The van der Waals surface area contributed by atoms with Gasteiger partial charge in [0.1, 0.15) is 5.82 Å². The van der Waals surface area contributed by atoms with Gasteiger partial charge in [-0.25, -0.2) is 4.39 Å². The van der Waals surface area contributed by atoms with Crippen molar-refractivity contribution >= 4 is 5.96 Å². The predicted molar refractivity (Wildman–Crippen MR) is 72.0 cm³/mol. The first-order chi connectivity index (χ1) is 9.22. The maximum absolute atomic E-state index is 13.7. The zero-order valence-electron chi connectivity index (χ0n) is 10.9. The van der Waals surface area contributed by atoms with Crippen molar-refractivity contribution in [2.75, 3.05) is 13.6 Å². The minimum Gasteiger partial charge on any atom is -0.356 e. The first kappa shape index (κ1) is 13.3. The highest BCUT2D eigenvalue weighted by Crippen LogP contribution is 2.27. The number of guanidine groups is 1. The first-order valence-corrected chi connectivity index (χ1v) is 6.36. The molecular weight excluding hydrogens is 243 g/mol. The topological polar surface area (TPSA) is 60.2 Å². The van der Waals surface area contributed by atoms with E-state index in [1.54, 1.807) is 19.2 Å². The summed E-state index contributed by atoms with van der Waals surface area (Å²) in [6.07, 6.45) is 2.54. The lowest BCUT2D eigenvalue weighted by Gasteiger charge is -2.12.